The lowest BCUT2D eigenvalue weighted by atomic mass is 10.3. The van der Waals surface area contributed by atoms with Gasteiger partial charge >= 0.3 is 0 Å². The molecule has 0 unspecified atom stereocenters. The van der Waals surface area contributed by atoms with E-state index in [0.717, 1.165) is 6.42 Å². The van der Waals surface area contributed by atoms with Gasteiger partial charge in [0.05, 0.1) is 18.6 Å². The highest BCUT2D eigenvalue weighted by Crippen LogP contribution is 1.97. The zero-order chi connectivity index (χ0) is 12.8. The quantitative estimate of drug-likeness (QED) is 0.687. The number of nitrogens with one attached hydrogen (secondary N) is 1. The van der Waals surface area contributed by atoms with E-state index >= 15 is 0 Å². The molecule has 0 aliphatic carbocycles. The molecule has 1 amide bonds. The second kappa shape index (κ2) is 5.71. The van der Waals surface area contributed by atoms with Crippen LogP contribution in [0.25, 0.3) is 0 Å². The van der Waals surface area contributed by atoms with E-state index in [2.05, 4.69) is 25.6 Å². The highest BCUT2D eigenvalue weighted by atomic mass is 16.1. The largest absolute Gasteiger partial charge is 0.382 e. The molecule has 0 aliphatic heterocycles. The first-order valence-electron chi connectivity index (χ1n) is 5.45. The van der Waals surface area contributed by atoms with Crippen molar-refractivity contribution in [2.45, 2.75) is 13.0 Å². The molecule has 0 saturated heterocycles. The summed E-state index contributed by atoms with van der Waals surface area (Å²) in [6.07, 6.45) is 6.90. The Balaban J connectivity index is 1.75. The molecule has 0 atom stereocenters. The van der Waals surface area contributed by atoms with Crippen LogP contribution in [-0.4, -0.2) is 37.4 Å². The van der Waals surface area contributed by atoms with Gasteiger partial charge in [0.15, 0.2) is 0 Å². The first-order valence-corrected chi connectivity index (χ1v) is 5.45. The van der Waals surface area contributed by atoms with Crippen molar-refractivity contribution in [2.24, 2.45) is 0 Å². The van der Waals surface area contributed by atoms with Crippen molar-refractivity contribution in [3.63, 3.8) is 0 Å². The Labute approximate surface area is 103 Å². The molecule has 0 radical (unpaired) electrons. The predicted octanol–water partition coefficient (Wildman–Crippen LogP) is -0.530. The lowest BCUT2D eigenvalue weighted by molar-refractivity contribution is 0.0947. The second-order valence-electron chi connectivity index (χ2n) is 3.60. The Morgan fingerprint density at radius 3 is 3.06 bits per heavy atom. The Bertz CT molecular complexity index is 511. The summed E-state index contributed by atoms with van der Waals surface area (Å²) < 4.78 is 1.70. The van der Waals surface area contributed by atoms with Gasteiger partial charge in [0.2, 0.25) is 0 Å². The number of aryl methyl sites for hydroxylation is 1. The molecule has 0 bridgehead atoms. The average Bonchev–Trinajstić information content (AvgIpc) is 2.87. The molecule has 0 spiro atoms. The first-order chi connectivity index (χ1) is 8.75. The summed E-state index contributed by atoms with van der Waals surface area (Å²) in [6, 6.07) is 0. The third-order valence-corrected chi connectivity index (χ3v) is 2.21. The van der Waals surface area contributed by atoms with Crippen molar-refractivity contribution >= 4 is 11.7 Å². The lowest BCUT2D eigenvalue weighted by Gasteiger charge is -2.04. The maximum absolute atomic E-state index is 11.7. The summed E-state index contributed by atoms with van der Waals surface area (Å²) in [7, 11) is 0. The smallest absolute Gasteiger partial charge is 0.271 e. The van der Waals surface area contributed by atoms with Crippen LogP contribution >= 0.6 is 0 Å². The van der Waals surface area contributed by atoms with E-state index in [0.29, 0.717) is 13.1 Å². The van der Waals surface area contributed by atoms with E-state index in [1.807, 2.05) is 0 Å². The van der Waals surface area contributed by atoms with Gasteiger partial charge in [-0.05, 0) is 6.42 Å². The topological polar surface area (TPSA) is 112 Å². The van der Waals surface area contributed by atoms with Crippen molar-refractivity contribution in [3.8, 4) is 0 Å². The number of nitrogens with two attached hydrogens (primary N) is 1. The van der Waals surface area contributed by atoms with Gasteiger partial charge in [-0.1, -0.05) is 5.21 Å². The van der Waals surface area contributed by atoms with Crippen LogP contribution in [0, 0.1) is 0 Å². The van der Waals surface area contributed by atoms with Gasteiger partial charge in [-0.15, -0.1) is 5.10 Å². The van der Waals surface area contributed by atoms with Gasteiger partial charge in [-0.25, -0.2) is 4.98 Å². The number of nitrogen functional groups attached to an aromatic ring is 1. The molecular formula is C10H13N7O. The summed E-state index contributed by atoms with van der Waals surface area (Å²) in [5.41, 5.74) is 5.66. The number of carbonyl (C=O) groups is 1. The van der Waals surface area contributed by atoms with Crippen LogP contribution in [-0.2, 0) is 6.54 Å². The summed E-state index contributed by atoms with van der Waals surface area (Å²) in [6.45, 7) is 1.22. The second-order valence-corrected chi connectivity index (χ2v) is 3.60. The Kier molecular flexibility index (Phi) is 3.79. The number of hydrogen-bond donors (Lipinski definition) is 2. The molecule has 3 N–H and O–H groups in total. The minimum Gasteiger partial charge on any atom is -0.382 e. The molecular weight excluding hydrogens is 234 g/mol. The van der Waals surface area contributed by atoms with Gasteiger partial charge in [-0.3, -0.25) is 14.5 Å². The van der Waals surface area contributed by atoms with Crippen molar-refractivity contribution in [1.29, 1.82) is 0 Å². The number of aromatic nitrogens is 5. The molecule has 0 fully saturated rings. The zero-order valence-corrected chi connectivity index (χ0v) is 9.65. The van der Waals surface area contributed by atoms with Crippen LogP contribution in [0.1, 0.15) is 16.9 Å². The first kappa shape index (κ1) is 12.0. The van der Waals surface area contributed by atoms with Crippen molar-refractivity contribution in [1.82, 2.24) is 30.3 Å². The number of anilines is 1. The standard InChI is InChI=1S/C10H13N7O/c11-9-7-12-6-8(15-9)10(18)13-2-1-4-17-5-3-14-16-17/h3,5-7H,1-2,4H2,(H2,11,15)(H,13,18). The van der Waals surface area contributed by atoms with Crippen molar-refractivity contribution in [3.05, 3.63) is 30.5 Å². The van der Waals surface area contributed by atoms with Gasteiger partial charge < -0.3 is 11.1 Å². The van der Waals surface area contributed by atoms with Crippen LogP contribution < -0.4 is 11.1 Å². The fourth-order valence-corrected chi connectivity index (χ4v) is 1.38. The molecule has 0 aromatic carbocycles. The maximum atomic E-state index is 11.7. The zero-order valence-electron chi connectivity index (χ0n) is 9.65. The van der Waals surface area contributed by atoms with Gasteiger partial charge in [0, 0.05) is 19.3 Å². The molecule has 0 saturated carbocycles. The van der Waals surface area contributed by atoms with Gasteiger partial charge in [-0.2, -0.15) is 0 Å². The number of rotatable bonds is 5. The number of hydrogen-bond acceptors (Lipinski definition) is 6. The molecule has 0 aliphatic rings. The van der Waals surface area contributed by atoms with Crippen LogP contribution in [0.4, 0.5) is 5.82 Å². The molecule has 2 aromatic rings. The van der Waals surface area contributed by atoms with Gasteiger partial charge in [0.25, 0.3) is 5.91 Å². The van der Waals surface area contributed by atoms with E-state index < -0.39 is 0 Å². The minimum absolute atomic E-state index is 0.218. The summed E-state index contributed by atoms with van der Waals surface area (Å²) in [4.78, 5) is 19.3. The van der Waals surface area contributed by atoms with Crippen LogP contribution in [0.5, 0.6) is 0 Å². The Morgan fingerprint density at radius 2 is 2.33 bits per heavy atom. The van der Waals surface area contributed by atoms with E-state index in [4.69, 9.17) is 5.73 Å². The summed E-state index contributed by atoms with van der Waals surface area (Å²) in [5, 5.41) is 10.2. The Morgan fingerprint density at radius 1 is 1.44 bits per heavy atom. The molecule has 2 aromatic heterocycles. The fourth-order valence-electron chi connectivity index (χ4n) is 1.38. The predicted molar refractivity (Wildman–Crippen MR) is 63.4 cm³/mol. The summed E-state index contributed by atoms with van der Waals surface area (Å²) in [5.74, 6) is -0.0568. The van der Waals surface area contributed by atoms with Crippen molar-refractivity contribution in [2.75, 3.05) is 12.3 Å². The average molecular weight is 247 g/mol. The van der Waals surface area contributed by atoms with E-state index in [1.165, 1.54) is 12.4 Å². The fraction of sp³-hybridized carbons (Fsp3) is 0.300. The van der Waals surface area contributed by atoms with E-state index in [-0.39, 0.29) is 17.4 Å². The van der Waals surface area contributed by atoms with E-state index in [9.17, 15) is 4.79 Å². The number of carbonyl (C=O) groups excluding carboxylic acids is 1. The SMILES string of the molecule is Nc1cncc(C(=O)NCCCn2ccnn2)n1. The molecule has 2 heterocycles. The lowest BCUT2D eigenvalue weighted by Crippen LogP contribution is -2.26. The molecule has 8 nitrogen and oxygen atoms in total. The highest BCUT2D eigenvalue weighted by molar-refractivity contribution is 5.92. The molecule has 18 heavy (non-hydrogen) atoms. The van der Waals surface area contributed by atoms with Gasteiger partial charge in [0.1, 0.15) is 11.5 Å². The number of amides is 1. The highest BCUT2D eigenvalue weighted by Gasteiger charge is 2.06. The number of nitrogens with zero attached hydrogens (tertiary/aromatic N) is 5. The van der Waals surface area contributed by atoms with Crippen LogP contribution in [0.15, 0.2) is 24.8 Å². The Hall–Kier alpha value is -2.51. The summed E-state index contributed by atoms with van der Waals surface area (Å²) >= 11 is 0. The maximum Gasteiger partial charge on any atom is 0.271 e. The van der Waals surface area contributed by atoms with Crippen LogP contribution in [0.2, 0.25) is 0 Å². The van der Waals surface area contributed by atoms with Crippen LogP contribution in [0.3, 0.4) is 0 Å². The van der Waals surface area contributed by atoms with Crippen molar-refractivity contribution < 1.29 is 4.79 Å². The molecule has 8 heteroatoms. The normalized spacial score (nSPS) is 10.2. The third kappa shape index (κ3) is 3.24. The molecule has 94 valence electrons. The van der Waals surface area contributed by atoms with E-state index in [1.54, 1.807) is 17.1 Å². The minimum atomic E-state index is -0.284. The third-order valence-electron chi connectivity index (χ3n) is 2.21. The molecule has 2 rings (SSSR count). The monoisotopic (exact) mass is 247 g/mol.